The van der Waals surface area contributed by atoms with Crippen molar-refractivity contribution in [2.24, 2.45) is 0 Å². The number of methoxy groups -OCH3 is 1. The largest absolute Gasteiger partial charge is 0.497 e. The molecule has 1 heterocycles. The van der Waals surface area contributed by atoms with Crippen molar-refractivity contribution in [1.29, 1.82) is 0 Å². The van der Waals surface area contributed by atoms with Crippen LogP contribution in [0.4, 0.5) is 10.1 Å². The number of aromatic amines is 1. The van der Waals surface area contributed by atoms with Gasteiger partial charge in [-0.05, 0) is 24.3 Å². The number of aromatic nitrogens is 2. The number of halogens is 2. The predicted octanol–water partition coefficient (Wildman–Crippen LogP) is 3.72. The van der Waals surface area contributed by atoms with Gasteiger partial charge in [0.15, 0.2) is 0 Å². The maximum atomic E-state index is 14.1. The number of ether oxygens (including phenoxy) is 1. The summed E-state index contributed by atoms with van der Waals surface area (Å²) in [6, 6.07) is 8.24. The molecule has 0 aliphatic heterocycles. The Morgan fingerprint density at radius 1 is 1.30 bits per heavy atom. The van der Waals surface area contributed by atoms with Gasteiger partial charge in [-0.25, -0.2) is 9.37 Å². The van der Waals surface area contributed by atoms with E-state index in [4.69, 9.17) is 10.5 Å². The quantitative estimate of drug-likeness (QED) is 0.701. The zero-order chi connectivity index (χ0) is 14.3. The van der Waals surface area contributed by atoms with E-state index in [1.807, 2.05) is 6.07 Å². The highest BCUT2D eigenvalue weighted by Crippen LogP contribution is 2.29. The second-order valence-electron chi connectivity index (χ2n) is 4.32. The van der Waals surface area contributed by atoms with Crippen LogP contribution in [0.1, 0.15) is 0 Å². The molecule has 0 aliphatic rings. The van der Waals surface area contributed by atoms with Gasteiger partial charge in [-0.2, -0.15) is 0 Å². The Kier molecular flexibility index (Phi) is 3.10. The van der Waals surface area contributed by atoms with Gasteiger partial charge >= 0.3 is 0 Å². The molecule has 0 bridgehead atoms. The van der Waals surface area contributed by atoms with Gasteiger partial charge in [0.25, 0.3) is 0 Å². The fraction of sp³-hybridized carbons (Fsp3) is 0.0714. The lowest BCUT2D eigenvalue weighted by Crippen LogP contribution is -1.89. The van der Waals surface area contributed by atoms with Gasteiger partial charge in [0.1, 0.15) is 22.9 Å². The van der Waals surface area contributed by atoms with E-state index in [9.17, 15) is 4.39 Å². The van der Waals surface area contributed by atoms with Gasteiger partial charge in [-0.15, -0.1) is 0 Å². The summed E-state index contributed by atoms with van der Waals surface area (Å²) in [4.78, 5) is 7.43. The minimum absolute atomic E-state index is 0.373. The fourth-order valence-corrected chi connectivity index (χ4v) is 2.53. The molecule has 0 saturated carbocycles. The Hall–Kier alpha value is -2.08. The fourth-order valence-electron chi connectivity index (χ4n) is 2.05. The Morgan fingerprint density at radius 2 is 2.10 bits per heavy atom. The number of nitrogen functional groups attached to an aromatic ring is 1. The van der Waals surface area contributed by atoms with E-state index < -0.39 is 5.82 Å². The molecule has 1 aromatic heterocycles. The van der Waals surface area contributed by atoms with Gasteiger partial charge in [0.2, 0.25) is 0 Å². The zero-order valence-corrected chi connectivity index (χ0v) is 12.2. The number of nitrogens with zero attached hydrogens (tertiary/aromatic N) is 1. The van der Waals surface area contributed by atoms with Crippen LogP contribution in [0.25, 0.3) is 22.4 Å². The van der Waals surface area contributed by atoms with Gasteiger partial charge in [0, 0.05) is 10.5 Å². The second kappa shape index (κ2) is 4.79. The van der Waals surface area contributed by atoms with Crippen LogP contribution in [-0.2, 0) is 0 Å². The Balaban J connectivity index is 2.17. The van der Waals surface area contributed by atoms with Crippen molar-refractivity contribution in [2.75, 3.05) is 12.8 Å². The molecule has 6 heteroatoms. The lowest BCUT2D eigenvalue weighted by atomic mass is 10.2. The molecule has 0 saturated heterocycles. The number of benzene rings is 2. The van der Waals surface area contributed by atoms with Gasteiger partial charge in [-0.3, -0.25) is 0 Å². The summed E-state index contributed by atoms with van der Waals surface area (Å²) in [6.45, 7) is 0. The summed E-state index contributed by atoms with van der Waals surface area (Å²) in [7, 11) is 1.49. The average molecular weight is 336 g/mol. The Morgan fingerprint density at radius 3 is 2.80 bits per heavy atom. The van der Waals surface area contributed by atoms with Crippen LogP contribution in [-0.4, -0.2) is 17.1 Å². The molecule has 0 atom stereocenters. The molecular formula is C14H11BrFN3O. The van der Waals surface area contributed by atoms with Crippen LogP contribution in [0.5, 0.6) is 5.75 Å². The zero-order valence-electron chi connectivity index (χ0n) is 10.6. The third-order valence-electron chi connectivity index (χ3n) is 3.01. The first kappa shape index (κ1) is 12.9. The van der Waals surface area contributed by atoms with Crippen LogP contribution in [0, 0.1) is 5.82 Å². The standard InChI is InChI=1S/C14H11BrFN3O/c1-20-8-2-3-9(10(16)6-8)14-18-12-5-7(15)4-11(17)13(12)19-14/h2-6H,17H2,1H3,(H,18,19). The summed E-state index contributed by atoms with van der Waals surface area (Å²) >= 11 is 3.36. The minimum Gasteiger partial charge on any atom is -0.497 e. The number of nitrogens with two attached hydrogens (primary N) is 1. The number of anilines is 1. The van der Waals surface area contributed by atoms with Crippen molar-refractivity contribution in [1.82, 2.24) is 9.97 Å². The molecule has 102 valence electrons. The van der Waals surface area contributed by atoms with E-state index in [2.05, 4.69) is 25.9 Å². The Labute approximate surface area is 122 Å². The van der Waals surface area contributed by atoms with Crippen LogP contribution >= 0.6 is 15.9 Å². The van der Waals surface area contributed by atoms with Crippen LogP contribution in [0.15, 0.2) is 34.8 Å². The van der Waals surface area contributed by atoms with Gasteiger partial charge < -0.3 is 15.5 Å². The number of hydrogen-bond donors (Lipinski definition) is 2. The number of hydrogen-bond acceptors (Lipinski definition) is 3. The second-order valence-corrected chi connectivity index (χ2v) is 5.24. The van der Waals surface area contributed by atoms with Gasteiger partial charge in [-0.1, -0.05) is 15.9 Å². The van der Waals surface area contributed by atoms with Gasteiger partial charge in [0.05, 0.1) is 23.9 Å². The van der Waals surface area contributed by atoms with E-state index in [1.165, 1.54) is 13.2 Å². The van der Waals surface area contributed by atoms with E-state index in [1.54, 1.807) is 18.2 Å². The normalized spacial score (nSPS) is 10.9. The van der Waals surface area contributed by atoms with E-state index in [0.29, 0.717) is 28.3 Å². The summed E-state index contributed by atoms with van der Waals surface area (Å²) in [5.41, 5.74) is 8.19. The minimum atomic E-state index is -0.402. The molecule has 3 aromatic rings. The van der Waals surface area contributed by atoms with E-state index in [-0.39, 0.29) is 0 Å². The number of rotatable bonds is 2. The molecule has 0 aliphatic carbocycles. The maximum absolute atomic E-state index is 14.1. The third-order valence-corrected chi connectivity index (χ3v) is 3.47. The molecular weight excluding hydrogens is 325 g/mol. The lowest BCUT2D eigenvalue weighted by Gasteiger charge is -2.02. The molecule has 3 N–H and O–H groups in total. The highest BCUT2D eigenvalue weighted by molar-refractivity contribution is 9.10. The average Bonchev–Trinajstić information content (AvgIpc) is 2.82. The molecule has 0 radical (unpaired) electrons. The lowest BCUT2D eigenvalue weighted by molar-refractivity contribution is 0.411. The van der Waals surface area contributed by atoms with Crippen LogP contribution < -0.4 is 10.5 Å². The molecule has 4 nitrogen and oxygen atoms in total. The molecule has 3 rings (SSSR count). The molecule has 0 unspecified atom stereocenters. The summed E-state index contributed by atoms with van der Waals surface area (Å²) in [5.74, 6) is 0.496. The Bertz CT molecular complexity index is 800. The number of nitrogens with one attached hydrogen (secondary N) is 1. The summed E-state index contributed by atoms with van der Waals surface area (Å²) in [6.07, 6.45) is 0. The SMILES string of the molecule is COc1ccc(-c2nc3c(N)cc(Br)cc3[nH]2)c(F)c1. The molecule has 0 spiro atoms. The molecule has 0 fully saturated rings. The first-order valence-electron chi connectivity index (χ1n) is 5.87. The number of H-pyrrole nitrogens is 1. The molecule has 20 heavy (non-hydrogen) atoms. The first-order valence-corrected chi connectivity index (χ1v) is 6.66. The van der Waals surface area contributed by atoms with Crippen molar-refractivity contribution in [3.63, 3.8) is 0 Å². The summed E-state index contributed by atoms with van der Waals surface area (Å²) < 4.78 is 19.9. The van der Waals surface area contributed by atoms with E-state index >= 15 is 0 Å². The van der Waals surface area contributed by atoms with Crippen LogP contribution in [0.3, 0.4) is 0 Å². The van der Waals surface area contributed by atoms with E-state index in [0.717, 1.165) is 9.99 Å². The third kappa shape index (κ3) is 2.12. The highest BCUT2D eigenvalue weighted by atomic mass is 79.9. The summed E-state index contributed by atoms with van der Waals surface area (Å²) in [5, 5.41) is 0. The van der Waals surface area contributed by atoms with Crippen LogP contribution in [0.2, 0.25) is 0 Å². The predicted molar refractivity (Wildman–Crippen MR) is 80.2 cm³/mol. The highest BCUT2D eigenvalue weighted by Gasteiger charge is 2.13. The first-order chi connectivity index (χ1) is 9.58. The van der Waals surface area contributed by atoms with Crippen molar-refractivity contribution in [2.45, 2.75) is 0 Å². The topological polar surface area (TPSA) is 63.9 Å². The molecule has 0 amide bonds. The number of imidazole rings is 1. The maximum Gasteiger partial charge on any atom is 0.141 e. The van der Waals surface area contributed by atoms with Crippen molar-refractivity contribution in [3.8, 4) is 17.1 Å². The van der Waals surface area contributed by atoms with Crippen molar-refractivity contribution in [3.05, 3.63) is 40.6 Å². The number of fused-ring (bicyclic) bond motifs is 1. The van der Waals surface area contributed by atoms with Crippen molar-refractivity contribution >= 4 is 32.7 Å². The monoisotopic (exact) mass is 335 g/mol. The van der Waals surface area contributed by atoms with Crippen molar-refractivity contribution < 1.29 is 9.13 Å². The smallest absolute Gasteiger partial charge is 0.141 e. The molecule has 2 aromatic carbocycles.